The van der Waals surface area contributed by atoms with Gasteiger partial charge in [0.2, 0.25) is 0 Å². The number of unbranched alkanes of at least 4 members (excludes halogenated alkanes) is 12. The van der Waals surface area contributed by atoms with Crippen LogP contribution in [0.3, 0.4) is 0 Å². The quantitative estimate of drug-likeness (QED) is 0.136. The van der Waals surface area contributed by atoms with Gasteiger partial charge in [0.05, 0.1) is 6.61 Å². The summed E-state index contributed by atoms with van der Waals surface area (Å²) in [6, 6.07) is 0. The number of carboxylic acids is 1. The lowest BCUT2D eigenvalue weighted by atomic mass is 10.1. The first-order chi connectivity index (χ1) is 12.7. The van der Waals surface area contributed by atoms with Gasteiger partial charge in [0, 0.05) is 12.2 Å². The lowest BCUT2D eigenvalue weighted by Gasteiger charge is -2.02. The SMILES string of the molecule is CCCCCCCC/C=C\CCCCCCCCOC(=O)/C=C/C(=O)O. The van der Waals surface area contributed by atoms with Crippen molar-refractivity contribution >= 4 is 11.9 Å². The minimum Gasteiger partial charge on any atom is -0.478 e. The number of allylic oxidation sites excluding steroid dienone is 2. The van der Waals surface area contributed by atoms with Gasteiger partial charge in [-0.05, 0) is 32.1 Å². The molecule has 0 bridgehead atoms. The number of carboxylic acid groups (broad SMARTS) is 1. The van der Waals surface area contributed by atoms with Crippen molar-refractivity contribution in [2.75, 3.05) is 6.61 Å². The molecule has 0 atom stereocenters. The highest BCUT2D eigenvalue weighted by Gasteiger charge is 1.98. The highest BCUT2D eigenvalue weighted by molar-refractivity contribution is 5.90. The molecule has 0 aliphatic heterocycles. The third-order valence-electron chi connectivity index (χ3n) is 4.26. The molecule has 4 heteroatoms. The van der Waals surface area contributed by atoms with Crippen molar-refractivity contribution < 1.29 is 19.4 Å². The zero-order valence-electron chi connectivity index (χ0n) is 16.6. The molecule has 4 nitrogen and oxygen atoms in total. The minimum absolute atomic E-state index is 0.365. The lowest BCUT2D eigenvalue weighted by Crippen LogP contribution is -2.03. The minimum atomic E-state index is -1.14. The molecule has 0 aliphatic carbocycles. The van der Waals surface area contributed by atoms with Crippen molar-refractivity contribution in [1.82, 2.24) is 0 Å². The number of ether oxygens (including phenoxy) is 1. The standard InChI is InChI=1S/C22H38O4/c1-2-3-4-5-6-7-8-9-10-11-12-13-14-15-16-17-20-26-22(25)19-18-21(23)24/h9-10,18-19H,2-8,11-17,20H2,1H3,(H,23,24)/b10-9-,19-18+. The average molecular weight is 367 g/mol. The highest BCUT2D eigenvalue weighted by Crippen LogP contribution is 2.10. The first kappa shape index (κ1) is 24.4. The van der Waals surface area contributed by atoms with E-state index in [2.05, 4.69) is 19.1 Å². The fourth-order valence-corrected chi connectivity index (χ4v) is 2.71. The molecule has 0 rings (SSSR count). The maximum absolute atomic E-state index is 11.1. The second-order valence-electron chi connectivity index (χ2n) is 6.78. The first-order valence-corrected chi connectivity index (χ1v) is 10.4. The van der Waals surface area contributed by atoms with Crippen LogP contribution >= 0.6 is 0 Å². The van der Waals surface area contributed by atoms with Crippen LogP contribution in [0.5, 0.6) is 0 Å². The van der Waals surface area contributed by atoms with Crippen LogP contribution in [0.15, 0.2) is 24.3 Å². The van der Waals surface area contributed by atoms with E-state index in [4.69, 9.17) is 9.84 Å². The van der Waals surface area contributed by atoms with Crippen molar-refractivity contribution in [3.63, 3.8) is 0 Å². The van der Waals surface area contributed by atoms with Crippen LogP contribution < -0.4 is 0 Å². The van der Waals surface area contributed by atoms with E-state index in [1.165, 1.54) is 70.6 Å². The molecular weight excluding hydrogens is 328 g/mol. The van der Waals surface area contributed by atoms with Crippen LogP contribution in [0.1, 0.15) is 96.8 Å². The molecule has 26 heavy (non-hydrogen) atoms. The number of hydrogen-bond donors (Lipinski definition) is 1. The maximum Gasteiger partial charge on any atom is 0.331 e. The van der Waals surface area contributed by atoms with Gasteiger partial charge >= 0.3 is 11.9 Å². The molecule has 0 aromatic rings. The number of carbonyl (C=O) groups excluding carboxylic acids is 1. The van der Waals surface area contributed by atoms with E-state index in [1.54, 1.807) is 0 Å². The number of carbonyl (C=O) groups is 2. The molecule has 0 unspecified atom stereocenters. The third kappa shape index (κ3) is 20.5. The Morgan fingerprint density at radius 1 is 0.731 bits per heavy atom. The number of esters is 1. The van der Waals surface area contributed by atoms with Gasteiger partial charge in [-0.3, -0.25) is 0 Å². The summed E-state index contributed by atoms with van der Waals surface area (Å²) in [5.74, 6) is -1.72. The molecule has 150 valence electrons. The van der Waals surface area contributed by atoms with Gasteiger partial charge < -0.3 is 9.84 Å². The Morgan fingerprint density at radius 2 is 1.23 bits per heavy atom. The lowest BCUT2D eigenvalue weighted by molar-refractivity contribution is -0.138. The number of aliphatic carboxylic acids is 1. The Morgan fingerprint density at radius 3 is 1.77 bits per heavy atom. The summed E-state index contributed by atoms with van der Waals surface area (Å²) in [6.45, 7) is 2.62. The van der Waals surface area contributed by atoms with Gasteiger partial charge in [0.25, 0.3) is 0 Å². The van der Waals surface area contributed by atoms with Gasteiger partial charge in [0.15, 0.2) is 0 Å². The molecule has 0 radical (unpaired) electrons. The Bertz CT molecular complexity index is 399. The molecule has 0 saturated carbocycles. The molecule has 1 N–H and O–H groups in total. The number of rotatable bonds is 18. The van der Waals surface area contributed by atoms with Crippen molar-refractivity contribution in [2.24, 2.45) is 0 Å². The van der Waals surface area contributed by atoms with E-state index in [-0.39, 0.29) is 0 Å². The molecule has 0 aromatic heterocycles. The van der Waals surface area contributed by atoms with Crippen LogP contribution in [0.2, 0.25) is 0 Å². The van der Waals surface area contributed by atoms with Crippen molar-refractivity contribution in [3.8, 4) is 0 Å². The van der Waals surface area contributed by atoms with Crippen LogP contribution in [0.4, 0.5) is 0 Å². The van der Waals surface area contributed by atoms with Gasteiger partial charge in [-0.25, -0.2) is 9.59 Å². The Hall–Kier alpha value is -1.58. The highest BCUT2D eigenvalue weighted by atomic mass is 16.5. The predicted octanol–water partition coefficient (Wildman–Crippen LogP) is 6.21. The van der Waals surface area contributed by atoms with Crippen molar-refractivity contribution in [3.05, 3.63) is 24.3 Å². The summed E-state index contributed by atoms with van der Waals surface area (Å²) in [6.07, 6.45) is 23.8. The Labute approximate surface area is 159 Å². The Balaban J connectivity index is 3.23. The molecule has 0 saturated heterocycles. The summed E-state index contributed by atoms with van der Waals surface area (Å²) in [5.41, 5.74) is 0. The number of hydrogen-bond acceptors (Lipinski definition) is 3. The average Bonchev–Trinajstić information content (AvgIpc) is 2.62. The van der Waals surface area contributed by atoms with E-state index in [0.717, 1.165) is 31.4 Å². The summed E-state index contributed by atoms with van der Waals surface area (Å²) < 4.78 is 4.91. The maximum atomic E-state index is 11.1. The van der Waals surface area contributed by atoms with Crippen LogP contribution in [0, 0.1) is 0 Å². The molecule has 0 heterocycles. The fraction of sp³-hybridized carbons (Fsp3) is 0.727. The van der Waals surface area contributed by atoms with E-state index >= 15 is 0 Å². The topological polar surface area (TPSA) is 63.6 Å². The van der Waals surface area contributed by atoms with Crippen molar-refractivity contribution in [2.45, 2.75) is 96.8 Å². The summed E-state index contributed by atoms with van der Waals surface area (Å²) >= 11 is 0. The van der Waals surface area contributed by atoms with E-state index < -0.39 is 11.9 Å². The summed E-state index contributed by atoms with van der Waals surface area (Å²) in [5, 5.41) is 8.38. The zero-order valence-corrected chi connectivity index (χ0v) is 16.6. The van der Waals surface area contributed by atoms with Crippen LogP contribution in [-0.4, -0.2) is 23.7 Å². The van der Waals surface area contributed by atoms with E-state index in [1.807, 2.05) is 0 Å². The summed E-state index contributed by atoms with van der Waals surface area (Å²) in [4.78, 5) is 21.4. The van der Waals surface area contributed by atoms with Crippen molar-refractivity contribution in [1.29, 1.82) is 0 Å². The first-order valence-electron chi connectivity index (χ1n) is 10.4. The zero-order chi connectivity index (χ0) is 19.3. The molecule has 0 fully saturated rings. The van der Waals surface area contributed by atoms with Gasteiger partial charge in [-0.15, -0.1) is 0 Å². The normalized spacial score (nSPS) is 11.4. The second-order valence-corrected chi connectivity index (χ2v) is 6.78. The Kier molecular flexibility index (Phi) is 18.5. The fourth-order valence-electron chi connectivity index (χ4n) is 2.71. The third-order valence-corrected chi connectivity index (χ3v) is 4.26. The van der Waals surface area contributed by atoms with Gasteiger partial charge in [0.1, 0.15) is 0 Å². The molecular formula is C22H38O4. The summed E-state index contributed by atoms with van der Waals surface area (Å²) in [7, 11) is 0. The largest absolute Gasteiger partial charge is 0.478 e. The van der Waals surface area contributed by atoms with E-state index in [9.17, 15) is 9.59 Å². The molecule has 0 aliphatic rings. The van der Waals surface area contributed by atoms with Gasteiger partial charge in [-0.2, -0.15) is 0 Å². The predicted molar refractivity (Wildman–Crippen MR) is 107 cm³/mol. The molecule has 0 aromatic carbocycles. The smallest absolute Gasteiger partial charge is 0.331 e. The molecule has 0 spiro atoms. The van der Waals surface area contributed by atoms with Crippen LogP contribution in [0.25, 0.3) is 0 Å². The second kappa shape index (κ2) is 19.7. The van der Waals surface area contributed by atoms with Gasteiger partial charge in [-0.1, -0.05) is 76.9 Å². The van der Waals surface area contributed by atoms with E-state index in [0.29, 0.717) is 6.61 Å². The van der Waals surface area contributed by atoms with Crippen LogP contribution in [-0.2, 0) is 14.3 Å². The molecule has 0 amide bonds. The monoisotopic (exact) mass is 366 g/mol.